The summed E-state index contributed by atoms with van der Waals surface area (Å²) in [5, 5.41) is 7.11. The SMILES string of the molecule is Cc1nc(C2(C)CCCS2)n[nH]1. The number of nitrogens with zero attached hydrogens (tertiary/aromatic N) is 2. The Hall–Kier alpha value is -0.510. The molecule has 2 rings (SSSR count). The third-order valence-corrected chi connectivity index (χ3v) is 3.81. The monoisotopic (exact) mass is 183 g/mol. The van der Waals surface area contributed by atoms with Crippen LogP contribution in [0.2, 0.25) is 0 Å². The lowest BCUT2D eigenvalue weighted by Gasteiger charge is -2.17. The second-order valence-corrected chi connectivity index (χ2v) is 5.03. The molecule has 4 heteroatoms. The number of H-pyrrole nitrogens is 1. The normalized spacial score (nSPS) is 29.5. The summed E-state index contributed by atoms with van der Waals surface area (Å²) < 4.78 is 0.171. The highest BCUT2D eigenvalue weighted by Crippen LogP contribution is 2.44. The molecule has 0 saturated carbocycles. The lowest BCUT2D eigenvalue weighted by molar-refractivity contribution is 0.607. The van der Waals surface area contributed by atoms with Gasteiger partial charge in [0.05, 0.1) is 4.75 Å². The first kappa shape index (κ1) is 8.10. The summed E-state index contributed by atoms with van der Waals surface area (Å²) in [6.07, 6.45) is 2.49. The predicted octanol–water partition coefficient (Wildman–Crippen LogP) is 1.86. The largest absolute Gasteiger partial charge is 0.263 e. The first-order valence-corrected chi connectivity index (χ1v) is 5.23. The molecule has 1 fully saturated rings. The Balaban J connectivity index is 2.28. The van der Waals surface area contributed by atoms with Crippen LogP contribution in [0.25, 0.3) is 0 Å². The van der Waals surface area contributed by atoms with E-state index in [0.29, 0.717) is 0 Å². The molecule has 2 heterocycles. The maximum Gasteiger partial charge on any atom is 0.166 e. The van der Waals surface area contributed by atoms with Crippen molar-refractivity contribution in [2.45, 2.75) is 31.4 Å². The minimum atomic E-state index is 0.171. The molecule has 0 bridgehead atoms. The van der Waals surface area contributed by atoms with Crippen LogP contribution in [0.15, 0.2) is 0 Å². The highest BCUT2D eigenvalue weighted by molar-refractivity contribution is 8.00. The molecular weight excluding hydrogens is 170 g/mol. The van der Waals surface area contributed by atoms with E-state index in [4.69, 9.17) is 0 Å². The van der Waals surface area contributed by atoms with E-state index >= 15 is 0 Å². The molecule has 1 aromatic rings. The van der Waals surface area contributed by atoms with E-state index in [0.717, 1.165) is 11.6 Å². The van der Waals surface area contributed by atoms with Crippen LogP contribution in [-0.2, 0) is 4.75 Å². The molecule has 0 spiro atoms. The summed E-state index contributed by atoms with van der Waals surface area (Å²) in [5.74, 6) is 3.13. The van der Waals surface area contributed by atoms with Gasteiger partial charge < -0.3 is 0 Å². The van der Waals surface area contributed by atoms with Gasteiger partial charge in [0.15, 0.2) is 5.82 Å². The van der Waals surface area contributed by atoms with Gasteiger partial charge in [0.25, 0.3) is 0 Å². The number of aryl methyl sites for hydroxylation is 1. The van der Waals surface area contributed by atoms with Crippen molar-refractivity contribution in [1.29, 1.82) is 0 Å². The van der Waals surface area contributed by atoms with Crippen molar-refractivity contribution in [2.75, 3.05) is 5.75 Å². The van der Waals surface area contributed by atoms with Crippen molar-refractivity contribution in [3.63, 3.8) is 0 Å². The minimum Gasteiger partial charge on any atom is -0.263 e. The Kier molecular flexibility index (Phi) is 1.87. The summed E-state index contributed by atoms with van der Waals surface area (Å²) in [7, 11) is 0. The summed E-state index contributed by atoms with van der Waals surface area (Å²) in [5.41, 5.74) is 0. The highest BCUT2D eigenvalue weighted by atomic mass is 32.2. The Morgan fingerprint density at radius 3 is 2.92 bits per heavy atom. The molecule has 0 aromatic carbocycles. The molecule has 0 aliphatic carbocycles. The van der Waals surface area contributed by atoms with Crippen LogP contribution in [0.4, 0.5) is 0 Å². The van der Waals surface area contributed by atoms with Gasteiger partial charge in [-0.25, -0.2) is 4.98 Å². The summed E-state index contributed by atoms with van der Waals surface area (Å²) >= 11 is 1.97. The maximum absolute atomic E-state index is 4.38. The molecule has 1 aromatic heterocycles. The van der Waals surface area contributed by atoms with Gasteiger partial charge in [-0.1, -0.05) is 0 Å². The summed E-state index contributed by atoms with van der Waals surface area (Å²) in [6, 6.07) is 0. The molecule has 1 aliphatic rings. The van der Waals surface area contributed by atoms with E-state index in [2.05, 4.69) is 22.1 Å². The van der Waals surface area contributed by atoms with Gasteiger partial charge in [-0.2, -0.15) is 5.10 Å². The van der Waals surface area contributed by atoms with Gasteiger partial charge in [0.1, 0.15) is 5.82 Å². The van der Waals surface area contributed by atoms with Crippen LogP contribution >= 0.6 is 11.8 Å². The van der Waals surface area contributed by atoms with Gasteiger partial charge in [-0.15, -0.1) is 11.8 Å². The van der Waals surface area contributed by atoms with Crippen molar-refractivity contribution < 1.29 is 0 Å². The fraction of sp³-hybridized carbons (Fsp3) is 0.750. The Morgan fingerprint density at radius 1 is 1.58 bits per heavy atom. The first-order chi connectivity index (χ1) is 5.71. The fourth-order valence-corrected chi connectivity index (χ4v) is 2.78. The van der Waals surface area contributed by atoms with E-state index in [1.54, 1.807) is 0 Å². The van der Waals surface area contributed by atoms with Crippen LogP contribution in [0.5, 0.6) is 0 Å². The zero-order chi connectivity index (χ0) is 8.60. The minimum absolute atomic E-state index is 0.171. The fourth-order valence-electron chi connectivity index (χ4n) is 1.53. The van der Waals surface area contributed by atoms with Crippen LogP contribution in [0, 0.1) is 6.92 Å². The molecule has 3 nitrogen and oxygen atoms in total. The smallest absolute Gasteiger partial charge is 0.166 e. The predicted molar refractivity (Wildman–Crippen MR) is 50.2 cm³/mol. The van der Waals surface area contributed by atoms with Crippen molar-refractivity contribution in [2.24, 2.45) is 0 Å². The highest BCUT2D eigenvalue weighted by Gasteiger charge is 2.34. The van der Waals surface area contributed by atoms with Crippen LogP contribution in [0.3, 0.4) is 0 Å². The van der Waals surface area contributed by atoms with E-state index in [1.807, 2.05) is 18.7 Å². The Morgan fingerprint density at radius 2 is 2.42 bits per heavy atom. The molecule has 0 amide bonds. The molecule has 1 atom stereocenters. The molecule has 0 radical (unpaired) electrons. The lowest BCUT2D eigenvalue weighted by atomic mass is 10.1. The lowest BCUT2D eigenvalue weighted by Crippen LogP contribution is -2.14. The average Bonchev–Trinajstić information content (AvgIpc) is 2.59. The van der Waals surface area contributed by atoms with Crippen LogP contribution in [0.1, 0.15) is 31.4 Å². The summed E-state index contributed by atoms with van der Waals surface area (Å²) in [6.45, 7) is 4.17. The number of thioether (sulfide) groups is 1. The molecule has 1 unspecified atom stereocenters. The quantitative estimate of drug-likeness (QED) is 0.722. The Bertz CT molecular complexity index is 276. The summed E-state index contributed by atoms with van der Waals surface area (Å²) in [4.78, 5) is 4.38. The van der Waals surface area contributed by atoms with Crippen molar-refractivity contribution in [3.05, 3.63) is 11.6 Å². The molecule has 1 aliphatic heterocycles. The third-order valence-electron chi connectivity index (χ3n) is 2.29. The van der Waals surface area contributed by atoms with Gasteiger partial charge in [0.2, 0.25) is 0 Å². The van der Waals surface area contributed by atoms with E-state index in [9.17, 15) is 0 Å². The maximum atomic E-state index is 4.38. The number of hydrogen-bond donors (Lipinski definition) is 1. The molecule has 1 N–H and O–H groups in total. The van der Waals surface area contributed by atoms with Gasteiger partial charge >= 0.3 is 0 Å². The second-order valence-electron chi connectivity index (χ2n) is 3.43. The average molecular weight is 183 g/mol. The number of hydrogen-bond acceptors (Lipinski definition) is 3. The van der Waals surface area contributed by atoms with Crippen molar-refractivity contribution in [1.82, 2.24) is 15.2 Å². The van der Waals surface area contributed by atoms with Gasteiger partial charge in [0, 0.05) is 0 Å². The molecular formula is C8H13N3S. The van der Waals surface area contributed by atoms with Gasteiger partial charge in [-0.3, -0.25) is 5.10 Å². The number of rotatable bonds is 1. The topological polar surface area (TPSA) is 41.6 Å². The number of nitrogens with one attached hydrogen (secondary N) is 1. The van der Waals surface area contributed by atoms with Crippen LogP contribution < -0.4 is 0 Å². The van der Waals surface area contributed by atoms with Crippen molar-refractivity contribution >= 4 is 11.8 Å². The zero-order valence-corrected chi connectivity index (χ0v) is 8.24. The van der Waals surface area contributed by atoms with Gasteiger partial charge in [-0.05, 0) is 32.4 Å². The van der Waals surface area contributed by atoms with E-state index in [1.165, 1.54) is 18.6 Å². The zero-order valence-electron chi connectivity index (χ0n) is 7.42. The number of aromatic nitrogens is 3. The Labute approximate surface area is 76.4 Å². The standard InChI is InChI=1S/C8H13N3S/c1-6-9-7(11-10-6)8(2)4-3-5-12-8/h3-5H2,1-2H3,(H,9,10,11). The molecule has 1 saturated heterocycles. The first-order valence-electron chi connectivity index (χ1n) is 4.24. The van der Waals surface area contributed by atoms with E-state index in [-0.39, 0.29) is 4.75 Å². The molecule has 66 valence electrons. The molecule has 12 heavy (non-hydrogen) atoms. The van der Waals surface area contributed by atoms with E-state index < -0.39 is 0 Å². The third kappa shape index (κ3) is 1.24. The van der Waals surface area contributed by atoms with Crippen LogP contribution in [-0.4, -0.2) is 20.9 Å². The van der Waals surface area contributed by atoms with Crippen molar-refractivity contribution in [3.8, 4) is 0 Å². The second kappa shape index (κ2) is 2.76. The number of aromatic amines is 1.